The first-order valence-corrected chi connectivity index (χ1v) is 8.71. The van der Waals surface area contributed by atoms with Crippen LogP contribution in [0.4, 0.5) is 0 Å². The molecule has 21 heavy (non-hydrogen) atoms. The molecule has 0 aliphatic heterocycles. The maximum absolute atomic E-state index is 12.2. The third-order valence-corrected chi connectivity index (χ3v) is 7.01. The highest BCUT2D eigenvalue weighted by molar-refractivity contribution is 5.98. The largest absolute Gasteiger partial charge is 0.295 e. The molecule has 4 atom stereocenters. The number of allylic oxidation sites excluding steroid dienone is 4. The Morgan fingerprint density at radius 2 is 2.00 bits per heavy atom. The zero-order valence-electron chi connectivity index (χ0n) is 14.3. The Hall–Kier alpha value is -0.850. The van der Waals surface area contributed by atoms with Crippen molar-refractivity contribution in [3.05, 3.63) is 23.3 Å². The quantitative estimate of drug-likeness (QED) is 0.596. The van der Waals surface area contributed by atoms with Crippen LogP contribution in [0.5, 0.6) is 0 Å². The molecule has 0 N–H and O–H groups in total. The van der Waals surface area contributed by atoms with Crippen LogP contribution in [0.1, 0.15) is 66.7 Å². The van der Waals surface area contributed by atoms with Crippen LogP contribution in [0.15, 0.2) is 23.3 Å². The molecule has 116 valence electrons. The van der Waals surface area contributed by atoms with Crippen LogP contribution in [0, 0.1) is 28.6 Å². The van der Waals surface area contributed by atoms with Crippen LogP contribution >= 0.6 is 0 Å². The molecule has 0 radical (unpaired) electrons. The molecule has 1 fully saturated rings. The second-order valence-corrected chi connectivity index (χ2v) is 8.51. The fraction of sp³-hybridized carbons (Fsp3) is 0.750. The first-order chi connectivity index (χ1) is 9.78. The predicted molar refractivity (Wildman–Crippen MR) is 88.0 cm³/mol. The smallest absolute Gasteiger partial charge is 0.159 e. The summed E-state index contributed by atoms with van der Waals surface area (Å²) in [7, 11) is 0. The molecule has 0 unspecified atom stereocenters. The lowest BCUT2D eigenvalue weighted by Crippen LogP contribution is -2.29. The van der Waals surface area contributed by atoms with Gasteiger partial charge in [-0.05, 0) is 61.3 Å². The molecular weight excluding hydrogens is 256 g/mol. The normalized spacial score (nSPS) is 43.0. The number of carbonyl (C=O) groups is 1. The summed E-state index contributed by atoms with van der Waals surface area (Å²) in [4.78, 5) is 12.2. The molecule has 3 aliphatic carbocycles. The van der Waals surface area contributed by atoms with Gasteiger partial charge in [0.1, 0.15) is 0 Å². The van der Waals surface area contributed by atoms with Crippen molar-refractivity contribution in [1.82, 2.24) is 0 Å². The Bertz CT molecular complexity index is 524. The van der Waals surface area contributed by atoms with Crippen LogP contribution < -0.4 is 0 Å². The molecule has 3 rings (SSSR count). The second-order valence-electron chi connectivity index (χ2n) is 8.51. The summed E-state index contributed by atoms with van der Waals surface area (Å²) in [6.45, 7) is 11.6. The minimum absolute atomic E-state index is 0.122. The van der Waals surface area contributed by atoms with Gasteiger partial charge in [0.15, 0.2) is 5.78 Å². The predicted octanol–water partition coefficient (Wildman–Crippen LogP) is 5.32. The van der Waals surface area contributed by atoms with E-state index in [1.807, 2.05) is 6.92 Å². The maximum Gasteiger partial charge on any atom is 0.159 e. The molecule has 1 spiro atoms. The van der Waals surface area contributed by atoms with Crippen molar-refractivity contribution in [2.75, 3.05) is 0 Å². The van der Waals surface area contributed by atoms with Crippen LogP contribution in [0.3, 0.4) is 0 Å². The Balaban J connectivity index is 1.96. The number of fused-ring (bicyclic) bond motifs is 1. The van der Waals surface area contributed by atoms with Crippen molar-refractivity contribution >= 4 is 5.78 Å². The highest BCUT2D eigenvalue weighted by Crippen LogP contribution is 2.60. The molecule has 0 aromatic heterocycles. The monoisotopic (exact) mass is 286 g/mol. The van der Waals surface area contributed by atoms with Gasteiger partial charge in [0.05, 0.1) is 0 Å². The number of Topliss-reactive ketones (excluding diaryl/α,β-unsaturated/α-hetero) is 1. The zero-order chi connectivity index (χ0) is 15.4. The fourth-order valence-corrected chi connectivity index (χ4v) is 5.39. The van der Waals surface area contributed by atoms with Gasteiger partial charge in [-0.25, -0.2) is 0 Å². The Morgan fingerprint density at radius 3 is 2.57 bits per heavy atom. The Kier molecular flexibility index (Phi) is 3.46. The van der Waals surface area contributed by atoms with Crippen molar-refractivity contribution in [2.24, 2.45) is 28.6 Å². The van der Waals surface area contributed by atoms with E-state index in [1.165, 1.54) is 19.3 Å². The van der Waals surface area contributed by atoms with E-state index in [0.717, 1.165) is 30.3 Å². The number of rotatable bonds is 1. The molecule has 0 aromatic rings. The lowest BCUT2D eigenvalue weighted by molar-refractivity contribution is -0.116. The molecule has 0 amide bonds. The van der Waals surface area contributed by atoms with Gasteiger partial charge in [-0.1, -0.05) is 45.4 Å². The standard InChI is InChI=1S/C20H30O/c1-13(2)17-7-6-16-11-20(10-14(3)18(21)12-20)15(4)8-9-19(16,17)5/h6,10,13,15,17H,7-9,11-12H2,1-5H3/t15-,17+,19-,20-/m1/s1. The van der Waals surface area contributed by atoms with Crippen molar-refractivity contribution in [1.29, 1.82) is 0 Å². The van der Waals surface area contributed by atoms with E-state index in [2.05, 4.69) is 39.8 Å². The second kappa shape index (κ2) is 4.83. The molecule has 1 nitrogen and oxygen atoms in total. The van der Waals surface area contributed by atoms with E-state index in [4.69, 9.17) is 0 Å². The summed E-state index contributed by atoms with van der Waals surface area (Å²) in [5.74, 6) is 2.53. The number of hydrogen-bond acceptors (Lipinski definition) is 1. The van der Waals surface area contributed by atoms with Crippen LogP contribution in [0.2, 0.25) is 0 Å². The molecule has 0 aromatic carbocycles. The van der Waals surface area contributed by atoms with Gasteiger partial charge in [-0.3, -0.25) is 4.79 Å². The van der Waals surface area contributed by atoms with E-state index in [-0.39, 0.29) is 5.41 Å². The van der Waals surface area contributed by atoms with E-state index in [1.54, 1.807) is 5.57 Å². The van der Waals surface area contributed by atoms with Gasteiger partial charge >= 0.3 is 0 Å². The number of ketones is 1. The van der Waals surface area contributed by atoms with E-state index < -0.39 is 0 Å². The van der Waals surface area contributed by atoms with Crippen LogP contribution in [-0.2, 0) is 4.79 Å². The van der Waals surface area contributed by atoms with Crippen molar-refractivity contribution < 1.29 is 4.79 Å². The Morgan fingerprint density at radius 1 is 1.29 bits per heavy atom. The summed E-state index contributed by atoms with van der Waals surface area (Å²) in [5.41, 5.74) is 3.16. The van der Waals surface area contributed by atoms with E-state index in [9.17, 15) is 4.79 Å². The van der Waals surface area contributed by atoms with Gasteiger partial charge < -0.3 is 0 Å². The average molecular weight is 286 g/mol. The lowest BCUT2D eigenvalue weighted by atomic mass is 9.67. The van der Waals surface area contributed by atoms with Gasteiger partial charge in [0.25, 0.3) is 0 Å². The Labute approximate surface area is 129 Å². The SMILES string of the molecule is CC1=C[C@]2(CC1=O)CC1=CC[C@@H](C(C)C)[C@]1(C)CC[C@H]2C. The molecule has 0 heterocycles. The van der Waals surface area contributed by atoms with Crippen molar-refractivity contribution in [3.8, 4) is 0 Å². The molecular formula is C20H30O. The topological polar surface area (TPSA) is 17.1 Å². The summed E-state index contributed by atoms with van der Waals surface area (Å²) in [5, 5.41) is 0. The first kappa shape index (κ1) is 15.1. The minimum atomic E-state index is 0.122. The van der Waals surface area contributed by atoms with Gasteiger partial charge in [-0.2, -0.15) is 0 Å². The fourth-order valence-electron chi connectivity index (χ4n) is 5.39. The summed E-state index contributed by atoms with van der Waals surface area (Å²) >= 11 is 0. The van der Waals surface area contributed by atoms with Crippen LogP contribution in [-0.4, -0.2) is 5.78 Å². The van der Waals surface area contributed by atoms with E-state index in [0.29, 0.717) is 17.1 Å². The van der Waals surface area contributed by atoms with Crippen LogP contribution in [0.25, 0.3) is 0 Å². The third-order valence-electron chi connectivity index (χ3n) is 7.01. The number of hydrogen-bond donors (Lipinski definition) is 0. The van der Waals surface area contributed by atoms with Gasteiger partial charge in [0.2, 0.25) is 0 Å². The molecule has 0 bridgehead atoms. The van der Waals surface area contributed by atoms with Crippen molar-refractivity contribution in [2.45, 2.75) is 66.7 Å². The van der Waals surface area contributed by atoms with E-state index >= 15 is 0 Å². The first-order valence-electron chi connectivity index (χ1n) is 8.71. The minimum Gasteiger partial charge on any atom is -0.295 e. The molecule has 1 saturated carbocycles. The van der Waals surface area contributed by atoms with Crippen molar-refractivity contribution in [3.63, 3.8) is 0 Å². The zero-order valence-corrected chi connectivity index (χ0v) is 14.3. The lowest BCUT2D eigenvalue weighted by Gasteiger charge is -2.37. The van der Waals surface area contributed by atoms with Gasteiger partial charge in [0, 0.05) is 11.8 Å². The summed E-state index contributed by atoms with van der Waals surface area (Å²) in [6, 6.07) is 0. The number of carbonyl (C=O) groups excluding carboxylic acids is 1. The maximum atomic E-state index is 12.2. The molecule has 1 heteroatoms. The highest BCUT2D eigenvalue weighted by Gasteiger charge is 2.51. The summed E-state index contributed by atoms with van der Waals surface area (Å²) < 4.78 is 0. The summed E-state index contributed by atoms with van der Waals surface area (Å²) in [6.07, 6.45) is 10.5. The third kappa shape index (κ3) is 2.15. The highest BCUT2D eigenvalue weighted by atomic mass is 16.1. The molecule has 0 saturated heterocycles. The average Bonchev–Trinajstić information content (AvgIpc) is 2.84. The van der Waals surface area contributed by atoms with Gasteiger partial charge in [-0.15, -0.1) is 0 Å². The molecule has 3 aliphatic rings.